The van der Waals surface area contributed by atoms with Gasteiger partial charge in [-0.25, -0.2) is 4.79 Å². The van der Waals surface area contributed by atoms with Gasteiger partial charge in [0.25, 0.3) is 0 Å². The van der Waals surface area contributed by atoms with Gasteiger partial charge in [-0.3, -0.25) is 4.57 Å². The number of anilines is 1. The number of ether oxygens (including phenoxy) is 2. The number of aliphatic hydroxyl groups excluding tert-OH is 1. The van der Waals surface area contributed by atoms with Crippen LogP contribution in [0.3, 0.4) is 0 Å². The first kappa shape index (κ1) is 15.0. The number of hydrogen-bond acceptors (Lipinski definition) is 6. The van der Waals surface area contributed by atoms with Crippen LogP contribution in [0, 0.1) is 0 Å². The van der Waals surface area contributed by atoms with Crippen molar-refractivity contribution in [3.63, 3.8) is 0 Å². The highest BCUT2D eigenvalue weighted by molar-refractivity contribution is 5.23. The number of nitrogen functional groups attached to an aromatic ring is 1. The average Bonchev–Trinajstić information content (AvgIpc) is 2.67. The van der Waals surface area contributed by atoms with Gasteiger partial charge >= 0.3 is 5.69 Å². The van der Waals surface area contributed by atoms with Gasteiger partial charge < -0.3 is 20.3 Å². The molecule has 1 aromatic rings. The van der Waals surface area contributed by atoms with Crippen LogP contribution in [0.15, 0.2) is 17.1 Å². The molecular weight excluding hydrogens is 262 g/mol. The second-order valence-electron chi connectivity index (χ2n) is 5.56. The van der Waals surface area contributed by atoms with Crippen molar-refractivity contribution >= 4 is 5.82 Å². The van der Waals surface area contributed by atoms with E-state index in [1.807, 2.05) is 13.8 Å². The predicted octanol–water partition coefficient (Wildman–Crippen LogP) is 0.120. The molecule has 1 aliphatic rings. The Labute approximate surface area is 117 Å². The molecule has 0 aromatic carbocycles. The van der Waals surface area contributed by atoms with Crippen LogP contribution in [-0.4, -0.2) is 39.3 Å². The van der Waals surface area contributed by atoms with E-state index < -0.39 is 17.1 Å². The lowest BCUT2D eigenvalue weighted by atomic mass is 9.98. The molecule has 1 aromatic heterocycles. The third-order valence-electron chi connectivity index (χ3n) is 3.29. The summed E-state index contributed by atoms with van der Waals surface area (Å²) < 4.78 is 13.1. The molecule has 0 bridgehead atoms. The minimum atomic E-state index is -0.694. The number of rotatable bonds is 5. The van der Waals surface area contributed by atoms with Crippen LogP contribution in [0.2, 0.25) is 0 Å². The Morgan fingerprint density at radius 1 is 1.55 bits per heavy atom. The summed E-state index contributed by atoms with van der Waals surface area (Å²) in [4.78, 5) is 15.5. The summed E-state index contributed by atoms with van der Waals surface area (Å²) in [6, 6.07) is 1.57. The van der Waals surface area contributed by atoms with Gasteiger partial charge in [0.2, 0.25) is 0 Å². The fraction of sp³-hybridized carbons (Fsp3) is 0.692. The van der Waals surface area contributed by atoms with Crippen LogP contribution in [0.1, 0.15) is 26.7 Å². The van der Waals surface area contributed by atoms with Gasteiger partial charge in [-0.2, -0.15) is 4.98 Å². The van der Waals surface area contributed by atoms with E-state index in [9.17, 15) is 4.79 Å². The van der Waals surface area contributed by atoms with Crippen molar-refractivity contribution in [3.8, 4) is 0 Å². The lowest BCUT2D eigenvalue weighted by molar-refractivity contribution is -0.166. The fourth-order valence-corrected chi connectivity index (χ4v) is 2.44. The molecule has 0 spiro atoms. The van der Waals surface area contributed by atoms with Crippen LogP contribution >= 0.6 is 0 Å². The quantitative estimate of drug-likeness (QED) is 0.796. The predicted molar refractivity (Wildman–Crippen MR) is 73.1 cm³/mol. The molecule has 112 valence electrons. The molecule has 0 aliphatic carbocycles. The molecule has 1 saturated heterocycles. The molecule has 0 unspecified atom stereocenters. The van der Waals surface area contributed by atoms with Crippen molar-refractivity contribution in [2.75, 3.05) is 18.9 Å². The van der Waals surface area contributed by atoms with E-state index in [0.717, 1.165) is 0 Å². The molecule has 20 heavy (non-hydrogen) atoms. The topological polar surface area (TPSA) is 99.6 Å². The molecule has 0 amide bonds. The van der Waals surface area contributed by atoms with Crippen LogP contribution in [-0.2, 0) is 16.0 Å². The molecule has 7 nitrogen and oxygen atoms in total. The van der Waals surface area contributed by atoms with E-state index in [1.54, 1.807) is 12.3 Å². The van der Waals surface area contributed by atoms with Crippen molar-refractivity contribution in [3.05, 3.63) is 22.7 Å². The summed E-state index contributed by atoms with van der Waals surface area (Å²) in [7, 11) is 0. The number of nitrogens with two attached hydrogens (primary N) is 1. The number of nitrogens with zero attached hydrogens (tertiary/aromatic N) is 2. The Kier molecular flexibility index (Phi) is 4.12. The Morgan fingerprint density at radius 3 is 2.85 bits per heavy atom. The Morgan fingerprint density at radius 2 is 2.30 bits per heavy atom. The van der Waals surface area contributed by atoms with Crippen molar-refractivity contribution in [1.82, 2.24) is 9.55 Å². The minimum Gasteiger partial charge on any atom is -0.396 e. The van der Waals surface area contributed by atoms with Crippen molar-refractivity contribution in [2.24, 2.45) is 0 Å². The van der Waals surface area contributed by atoms with Gasteiger partial charge in [0.05, 0.1) is 13.2 Å². The lowest BCUT2D eigenvalue weighted by Crippen LogP contribution is -2.42. The van der Waals surface area contributed by atoms with Gasteiger partial charge in [0.15, 0.2) is 5.79 Å². The molecule has 0 radical (unpaired) electrons. The van der Waals surface area contributed by atoms with Gasteiger partial charge in [0, 0.05) is 12.8 Å². The van der Waals surface area contributed by atoms with E-state index in [0.29, 0.717) is 26.0 Å². The number of aromatic nitrogens is 2. The minimum absolute atomic E-state index is 0.0699. The van der Waals surface area contributed by atoms with E-state index in [2.05, 4.69) is 4.98 Å². The summed E-state index contributed by atoms with van der Waals surface area (Å²) in [6.45, 7) is 4.43. The summed E-state index contributed by atoms with van der Waals surface area (Å²) in [5, 5.41) is 9.03. The van der Waals surface area contributed by atoms with Gasteiger partial charge in [-0.15, -0.1) is 0 Å². The molecule has 0 saturated carbocycles. The van der Waals surface area contributed by atoms with E-state index in [4.69, 9.17) is 20.3 Å². The Hall–Kier alpha value is -1.44. The molecular formula is C13H21N3O4. The summed E-state index contributed by atoms with van der Waals surface area (Å²) in [5.74, 6) is -0.500. The van der Waals surface area contributed by atoms with Crippen LogP contribution in [0.5, 0.6) is 0 Å². The van der Waals surface area contributed by atoms with Gasteiger partial charge in [-0.1, -0.05) is 0 Å². The van der Waals surface area contributed by atoms with Gasteiger partial charge in [-0.05, 0) is 32.8 Å². The van der Waals surface area contributed by atoms with Crippen LogP contribution < -0.4 is 11.4 Å². The second-order valence-corrected chi connectivity index (χ2v) is 5.56. The van der Waals surface area contributed by atoms with E-state index >= 15 is 0 Å². The molecule has 3 N–H and O–H groups in total. The Bertz CT molecular complexity index is 529. The van der Waals surface area contributed by atoms with Crippen LogP contribution in [0.4, 0.5) is 5.82 Å². The molecule has 1 aliphatic heterocycles. The summed E-state index contributed by atoms with van der Waals surface area (Å²) in [5.41, 5.74) is 4.43. The molecule has 2 heterocycles. The average molecular weight is 283 g/mol. The highest BCUT2D eigenvalue weighted by Gasteiger charge is 2.45. The zero-order valence-corrected chi connectivity index (χ0v) is 11.8. The maximum absolute atomic E-state index is 11.8. The van der Waals surface area contributed by atoms with Crippen molar-refractivity contribution in [2.45, 2.75) is 44.6 Å². The van der Waals surface area contributed by atoms with Gasteiger partial charge in [0.1, 0.15) is 11.4 Å². The first-order valence-electron chi connectivity index (χ1n) is 6.64. The zero-order chi connectivity index (χ0) is 14.8. The zero-order valence-electron chi connectivity index (χ0n) is 11.8. The van der Waals surface area contributed by atoms with Crippen molar-refractivity contribution in [1.29, 1.82) is 0 Å². The third-order valence-corrected chi connectivity index (χ3v) is 3.29. The highest BCUT2D eigenvalue weighted by atomic mass is 16.8. The maximum Gasteiger partial charge on any atom is 0.349 e. The Balaban J connectivity index is 2.22. The summed E-state index contributed by atoms with van der Waals surface area (Å²) in [6.07, 6.45) is 2.78. The number of aliphatic hydroxyl groups is 1. The van der Waals surface area contributed by atoms with E-state index in [1.165, 1.54) is 4.57 Å². The first-order chi connectivity index (χ1) is 9.36. The van der Waals surface area contributed by atoms with Crippen LogP contribution in [0.25, 0.3) is 0 Å². The first-order valence-corrected chi connectivity index (χ1v) is 6.64. The smallest absolute Gasteiger partial charge is 0.349 e. The highest BCUT2D eigenvalue weighted by Crippen LogP contribution is 2.35. The molecule has 1 atom stereocenters. The third kappa shape index (κ3) is 3.36. The number of hydrogen-bond donors (Lipinski definition) is 2. The monoisotopic (exact) mass is 283 g/mol. The standard InChI is InChI=1S/C13H21N3O4/c1-12(2)19-9-13(20-12,5-3-7-17)8-16-6-4-10(14)15-11(16)18/h4,6,17H,3,5,7-9H2,1-2H3,(H2,14,15,18)/t13-/m1/s1. The molecule has 7 heteroatoms. The second kappa shape index (κ2) is 5.51. The van der Waals surface area contributed by atoms with E-state index in [-0.39, 0.29) is 12.4 Å². The SMILES string of the molecule is CC1(C)OC[C@@](CCCO)(Cn2ccc(N)nc2=O)O1. The van der Waals surface area contributed by atoms with Crippen molar-refractivity contribution < 1.29 is 14.6 Å². The molecule has 1 fully saturated rings. The largest absolute Gasteiger partial charge is 0.396 e. The lowest BCUT2D eigenvalue weighted by Gasteiger charge is -2.29. The maximum atomic E-state index is 11.8. The summed E-state index contributed by atoms with van der Waals surface area (Å²) >= 11 is 0. The normalized spacial score (nSPS) is 24.9. The molecule has 2 rings (SSSR count). The fourth-order valence-electron chi connectivity index (χ4n) is 2.44.